The Morgan fingerprint density at radius 2 is 2.04 bits per heavy atom. The third kappa shape index (κ3) is 3.31. The second-order valence-electron chi connectivity index (χ2n) is 6.61. The van der Waals surface area contributed by atoms with E-state index in [4.69, 9.17) is 0 Å². The van der Waals surface area contributed by atoms with E-state index in [-0.39, 0.29) is 17.8 Å². The van der Waals surface area contributed by atoms with Crippen LogP contribution in [-0.4, -0.2) is 25.7 Å². The van der Waals surface area contributed by atoms with Crippen molar-refractivity contribution in [3.63, 3.8) is 0 Å². The Kier molecular flexibility index (Phi) is 4.19. The Hall–Kier alpha value is -3.48. The summed E-state index contributed by atoms with van der Waals surface area (Å²) in [6.45, 7) is 4.11. The fourth-order valence-corrected chi connectivity index (χ4v) is 2.98. The number of aromatic nitrogens is 4. The van der Waals surface area contributed by atoms with Gasteiger partial charge in [0.15, 0.2) is 5.82 Å². The Bertz CT molecular complexity index is 1130. The van der Waals surface area contributed by atoms with Gasteiger partial charge in [-0.15, -0.1) is 10.2 Å². The van der Waals surface area contributed by atoms with Gasteiger partial charge < -0.3 is 14.9 Å². The lowest BCUT2D eigenvalue weighted by molar-refractivity contribution is 0.102. The van der Waals surface area contributed by atoms with E-state index < -0.39 is 0 Å². The number of hydrogen-bond donors (Lipinski definition) is 2. The van der Waals surface area contributed by atoms with Crippen molar-refractivity contribution in [1.82, 2.24) is 19.7 Å². The zero-order chi connectivity index (χ0) is 19.0. The minimum atomic E-state index is -0.349. The molecule has 0 aliphatic carbocycles. The van der Waals surface area contributed by atoms with Crippen molar-refractivity contribution in [2.24, 2.45) is 0 Å². The molecule has 0 saturated heterocycles. The summed E-state index contributed by atoms with van der Waals surface area (Å²) in [4.78, 5) is 15.5. The van der Waals surface area contributed by atoms with Crippen molar-refractivity contribution < 1.29 is 9.18 Å². The summed E-state index contributed by atoms with van der Waals surface area (Å²) in [7, 11) is 0. The number of nitrogens with zero attached hydrogens (tertiary/aromatic N) is 3. The lowest BCUT2D eigenvalue weighted by Gasteiger charge is -2.11. The highest BCUT2D eigenvalue weighted by Crippen LogP contribution is 2.24. The molecular weight excluding hydrogens is 345 g/mol. The number of carbonyl (C=O) groups excluding carboxylic acids is 1. The molecule has 0 aliphatic heterocycles. The van der Waals surface area contributed by atoms with Gasteiger partial charge in [0.2, 0.25) is 0 Å². The number of H-pyrrole nitrogens is 1. The Morgan fingerprint density at radius 3 is 2.85 bits per heavy atom. The van der Waals surface area contributed by atoms with Gasteiger partial charge in [-0.1, -0.05) is 12.1 Å². The summed E-state index contributed by atoms with van der Waals surface area (Å²) in [6.07, 6.45) is 1.69. The molecular formula is C20H18FN5O. The average Bonchev–Trinajstić information content (AvgIpc) is 3.28. The SMILES string of the molecule is CC(C)n1cnnc1-c1cccc(NC(=O)c2cc3ccc(F)cc3[nH]2)c1. The minimum Gasteiger partial charge on any atom is -0.350 e. The highest BCUT2D eigenvalue weighted by molar-refractivity contribution is 6.06. The normalized spacial score (nSPS) is 11.3. The Labute approximate surface area is 155 Å². The monoisotopic (exact) mass is 363 g/mol. The lowest BCUT2D eigenvalue weighted by atomic mass is 10.1. The number of hydrogen-bond acceptors (Lipinski definition) is 3. The van der Waals surface area contributed by atoms with E-state index in [0.29, 0.717) is 16.9 Å². The number of carbonyl (C=O) groups is 1. The van der Waals surface area contributed by atoms with Crippen molar-refractivity contribution >= 4 is 22.5 Å². The number of fused-ring (bicyclic) bond motifs is 1. The summed E-state index contributed by atoms with van der Waals surface area (Å²) < 4.78 is 15.3. The van der Waals surface area contributed by atoms with E-state index in [1.54, 1.807) is 24.5 Å². The van der Waals surface area contributed by atoms with Crippen LogP contribution in [0.5, 0.6) is 0 Å². The van der Waals surface area contributed by atoms with Crippen LogP contribution in [-0.2, 0) is 0 Å². The third-order valence-electron chi connectivity index (χ3n) is 4.34. The van der Waals surface area contributed by atoms with Gasteiger partial charge in [-0.05, 0) is 50.2 Å². The van der Waals surface area contributed by atoms with Gasteiger partial charge in [-0.3, -0.25) is 4.79 Å². The van der Waals surface area contributed by atoms with Crippen LogP contribution in [0.3, 0.4) is 0 Å². The van der Waals surface area contributed by atoms with Crippen LogP contribution in [0.2, 0.25) is 0 Å². The predicted octanol–water partition coefficient (Wildman–Crippen LogP) is 4.40. The van der Waals surface area contributed by atoms with Gasteiger partial charge in [-0.2, -0.15) is 0 Å². The number of nitrogens with one attached hydrogen (secondary N) is 2. The van der Waals surface area contributed by atoms with Crippen LogP contribution in [0.4, 0.5) is 10.1 Å². The van der Waals surface area contributed by atoms with Crippen LogP contribution in [0.15, 0.2) is 54.9 Å². The molecule has 0 atom stereocenters. The van der Waals surface area contributed by atoms with Crippen LogP contribution in [0.1, 0.15) is 30.4 Å². The molecule has 0 bridgehead atoms. The van der Waals surface area contributed by atoms with E-state index in [2.05, 4.69) is 34.3 Å². The highest BCUT2D eigenvalue weighted by Gasteiger charge is 2.13. The summed E-state index contributed by atoms with van der Waals surface area (Å²) >= 11 is 0. The molecule has 0 fully saturated rings. The maximum Gasteiger partial charge on any atom is 0.272 e. The van der Waals surface area contributed by atoms with Crippen molar-refractivity contribution in [2.45, 2.75) is 19.9 Å². The highest BCUT2D eigenvalue weighted by atomic mass is 19.1. The molecule has 2 aromatic heterocycles. The maximum absolute atomic E-state index is 13.3. The zero-order valence-electron chi connectivity index (χ0n) is 14.9. The summed E-state index contributed by atoms with van der Waals surface area (Å²) in [6, 6.07) is 13.7. The molecule has 4 rings (SSSR count). The van der Waals surface area contributed by atoms with Gasteiger partial charge in [0, 0.05) is 28.2 Å². The molecule has 2 heterocycles. The van der Waals surface area contributed by atoms with Gasteiger partial charge in [0.05, 0.1) is 0 Å². The van der Waals surface area contributed by atoms with Crippen molar-refractivity contribution in [3.8, 4) is 11.4 Å². The molecule has 27 heavy (non-hydrogen) atoms. The number of anilines is 1. The quantitative estimate of drug-likeness (QED) is 0.564. The molecule has 136 valence electrons. The maximum atomic E-state index is 13.3. The van der Waals surface area contributed by atoms with Gasteiger partial charge in [0.25, 0.3) is 5.91 Å². The zero-order valence-corrected chi connectivity index (χ0v) is 14.9. The molecule has 2 aromatic carbocycles. The molecule has 0 unspecified atom stereocenters. The first-order valence-corrected chi connectivity index (χ1v) is 8.61. The fraction of sp³-hybridized carbons (Fsp3) is 0.150. The summed E-state index contributed by atoms with van der Waals surface area (Å²) in [5.41, 5.74) is 2.45. The van der Waals surface area contributed by atoms with E-state index in [9.17, 15) is 9.18 Å². The summed E-state index contributed by atoms with van der Waals surface area (Å²) in [5.74, 6) is 0.0922. The first kappa shape index (κ1) is 17.0. The fourth-order valence-electron chi connectivity index (χ4n) is 2.98. The largest absolute Gasteiger partial charge is 0.350 e. The minimum absolute atomic E-state index is 0.222. The number of amides is 1. The van der Waals surface area contributed by atoms with Crippen molar-refractivity contribution in [1.29, 1.82) is 0 Å². The molecule has 1 amide bonds. The first-order valence-electron chi connectivity index (χ1n) is 8.61. The topological polar surface area (TPSA) is 75.6 Å². The molecule has 4 aromatic rings. The van der Waals surface area contributed by atoms with Crippen molar-refractivity contribution in [2.75, 3.05) is 5.32 Å². The smallest absolute Gasteiger partial charge is 0.272 e. The summed E-state index contributed by atoms with van der Waals surface area (Å²) in [5, 5.41) is 11.8. The third-order valence-corrected chi connectivity index (χ3v) is 4.34. The van der Waals surface area contributed by atoms with Gasteiger partial charge >= 0.3 is 0 Å². The molecule has 0 spiro atoms. The van der Waals surface area contributed by atoms with Crippen LogP contribution >= 0.6 is 0 Å². The predicted molar refractivity (Wildman–Crippen MR) is 102 cm³/mol. The lowest BCUT2D eigenvalue weighted by Crippen LogP contribution is -2.12. The number of benzene rings is 2. The van der Waals surface area contributed by atoms with Gasteiger partial charge in [-0.25, -0.2) is 4.39 Å². The van der Waals surface area contributed by atoms with E-state index >= 15 is 0 Å². The Morgan fingerprint density at radius 1 is 1.19 bits per heavy atom. The molecule has 0 saturated carbocycles. The standard InChI is InChI=1S/C20H18FN5O/c1-12(2)26-11-22-25-19(26)14-4-3-5-16(8-14)23-20(27)18-9-13-6-7-15(21)10-17(13)24-18/h3-12,24H,1-2H3,(H,23,27). The molecule has 2 N–H and O–H groups in total. The van der Waals surface area contributed by atoms with Crippen LogP contribution < -0.4 is 5.32 Å². The second kappa shape index (κ2) is 6.68. The molecule has 6 nitrogen and oxygen atoms in total. The molecule has 0 radical (unpaired) electrons. The number of rotatable bonds is 4. The molecule has 0 aliphatic rings. The van der Waals surface area contributed by atoms with E-state index in [1.165, 1.54) is 12.1 Å². The van der Waals surface area contributed by atoms with Crippen LogP contribution in [0, 0.1) is 5.82 Å². The second-order valence-corrected chi connectivity index (χ2v) is 6.61. The number of halogens is 1. The van der Waals surface area contributed by atoms with Crippen LogP contribution in [0.25, 0.3) is 22.3 Å². The Balaban J connectivity index is 1.60. The van der Waals surface area contributed by atoms with Crippen molar-refractivity contribution in [3.05, 3.63) is 66.4 Å². The molecule has 7 heteroatoms. The van der Waals surface area contributed by atoms with E-state index in [0.717, 1.165) is 16.8 Å². The van der Waals surface area contributed by atoms with E-state index in [1.807, 2.05) is 22.8 Å². The number of aromatic amines is 1. The first-order chi connectivity index (χ1) is 13.0. The van der Waals surface area contributed by atoms with Gasteiger partial charge in [0.1, 0.15) is 17.8 Å². The average molecular weight is 363 g/mol.